The zero-order valence-electron chi connectivity index (χ0n) is 21.1. The van der Waals surface area contributed by atoms with Crippen molar-refractivity contribution in [1.82, 2.24) is 4.98 Å². The number of primary amides is 1. The summed E-state index contributed by atoms with van der Waals surface area (Å²) in [5, 5.41) is 16.3. The average Bonchev–Trinajstić information content (AvgIpc) is 3.60. The van der Waals surface area contributed by atoms with Gasteiger partial charge >= 0.3 is 6.18 Å². The third-order valence-electron chi connectivity index (χ3n) is 6.84. The molecule has 1 aliphatic carbocycles. The van der Waals surface area contributed by atoms with Gasteiger partial charge in [0.2, 0.25) is 0 Å². The molecule has 1 saturated heterocycles. The number of aromatic nitrogens is 1. The van der Waals surface area contributed by atoms with Gasteiger partial charge in [-0.05, 0) is 68.5 Å². The minimum absolute atomic E-state index is 0.143. The number of halogens is 3. The Balaban J connectivity index is 1.44. The normalized spacial score (nSPS) is 16.3. The van der Waals surface area contributed by atoms with Crippen molar-refractivity contribution in [2.24, 2.45) is 5.73 Å². The van der Waals surface area contributed by atoms with E-state index in [1.54, 1.807) is 23.1 Å². The summed E-state index contributed by atoms with van der Waals surface area (Å²) >= 11 is 1.16. The number of nitrogens with two attached hydrogens (primary N) is 1. The molecule has 2 fully saturated rings. The monoisotopic (exact) mass is 559 g/mol. The van der Waals surface area contributed by atoms with Gasteiger partial charge in [0.25, 0.3) is 11.8 Å². The number of thiazole rings is 1. The first-order chi connectivity index (χ1) is 18.5. The SMILES string of the molecule is Cc1ccc(NC(=O)c2cc(N3CCC(O)CC3)cc(C(F)(F)F)c2)cc1-c1nc(NC2CC2)sc1C(N)=O. The van der Waals surface area contributed by atoms with Crippen LogP contribution in [0.3, 0.4) is 0 Å². The van der Waals surface area contributed by atoms with E-state index in [4.69, 9.17) is 5.73 Å². The second-order valence-electron chi connectivity index (χ2n) is 9.95. The van der Waals surface area contributed by atoms with Crippen molar-refractivity contribution in [2.45, 2.75) is 50.9 Å². The summed E-state index contributed by atoms with van der Waals surface area (Å²) in [7, 11) is 0. The van der Waals surface area contributed by atoms with Crippen LogP contribution in [0.15, 0.2) is 36.4 Å². The minimum Gasteiger partial charge on any atom is -0.393 e. The van der Waals surface area contributed by atoms with Gasteiger partial charge in [-0.2, -0.15) is 13.2 Å². The topological polar surface area (TPSA) is 121 Å². The summed E-state index contributed by atoms with van der Waals surface area (Å²) < 4.78 is 41.1. The van der Waals surface area contributed by atoms with Crippen LogP contribution in [-0.4, -0.2) is 47.1 Å². The molecular formula is C27H28F3N5O3S. The van der Waals surface area contributed by atoms with Crippen molar-refractivity contribution in [3.8, 4) is 11.3 Å². The van der Waals surface area contributed by atoms with Crippen LogP contribution in [0.5, 0.6) is 0 Å². The summed E-state index contributed by atoms with van der Waals surface area (Å²) in [6.45, 7) is 2.60. The van der Waals surface area contributed by atoms with Crippen molar-refractivity contribution in [3.63, 3.8) is 0 Å². The molecule has 2 heterocycles. The maximum atomic E-state index is 13.7. The molecule has 0 unspecified atom stereocenters. The van der Waals surface area contributed by atoms with Crippen molar-refractivity contribution in [3.05, 3.63) is 58.0 Å². The van der Waals surface area contributed by atoms with Gasteiger partial charge < -0.3 is 26.4 Å². The maximum Gasteiger partial charge on any atom is 0.416 e. The van der Waals surface area contributed by atoms with Crippen LogP contribution in [0.1, 0.15) is 56.8 Å². The van der Waals surface area contributed by atoms with Crippen molar-refractivity contribution < 1.29 is 27.9 Å². The van der Waals surface area contributed by atoms with Crippen molar-refractivity contribution in [2.75, 3.05) is 28.6 Å². The summed E-state index contributed by atoms with van der Waals surface area (Å²) in [5.41, 5.74) is 6.91. The molecule has 5 N–H and O–H groups in total. The van der Waals surface area contributed by atoms with Gasteiger partial charge in [-0.25, -0.2) is 4.98 Å². The number of piperidine rings is 1. The third kappa shape index (κ3) is 6.17. The Bertz CT molecular complexity index is 1410. The molecule has 2 aliphatic rings. The van der Waals surface area contributed by atoms with Gasteiger partial charge in [-0.15, -0.1) is 0 Å². The molecule has 0 spiro atoms. The highest BCUT2D eigenvalue weighted by molar-refractivity contribution is 7.18. The Hall–Kier alpha value is -3.64. The summed E-state index contributed by atoms with van der Waals surface area (Å²) in [6.07, 6.45) is -2.20. The summed E-state index contributed by atoms with van der Waals surface area (Å²) in [5.74, 6) is -1.33. The maximum absolute atomic E-state index is 13.7. The molecule has 3 aromatic rings. The van der Waals surface area contributed by atoms with Crippen molar-refractivity contribution >= 4 is 39.7 Å². The van der Waals surface area contributed by atoms with Crippen molar-refractivity contribution in [1.29, 1.82) is 0 Å². The number of nitrogens with one attached hydrogen (secondary N) is 2. The van der Waals surface area contributed by atoms with Crippen LogP contribution in [0.4, 0.5) is 29.7 Å². The molecule has 1 saturated carbocycles. The number of anilines is 3. The fourth-order valence-corrected chi connectivity index (χ4v) is 5.41. The van der Waals surface area contributed by atoms with Crippen LogP contribution in [-0.2, 0) is 6.18 Å². The van der Waals surface area contributed by atoms with Gasteiger partial charge in [0, 0.05) is 41.6 Å². The number of hydrogen-bond acceptors (Lipinski definition) is 7. The van der Waals surface area contributed by atoms with Crippen LogP contribution in [0, 0.1) is 6.92 Å². The Morgan fingerprint density at radius 3 is 2.46 bits per heavy atom. The van der Waals surface area contributed by atoms with E-state index in [1.165, 1.54) is 6.07 Å². The average molecular weight is 560 g/mol. The van der Waals surface area contributed by atoms with Gasteiger partial charge in [0.15, 0.2) is 5.13 Å². The first-order valence-corrected chi connectivity index (χ1v) is 13.4. The molecule has 12 heteroatoms. The number of carbonyl (C=O) groups excluding carboxylic acids is 2. The summed E-state index contributed by atoms with van der Waals surface area (Å²) in [4.78, 5) is 31.9. The number of aryl methyl sites for hydroxylation is 1. The lowest BCUT2D eigenvalue weighted by molar-refractivity contribution is -0.137. The molecule has 0 atom stereocenters. The quantitative estimate of drug-likeness (QED) is 0.323. The molecule has 0 bridgehead atoms. The number of amides is 2. The number of hydrogen-bond donors (Lipinski definition) is 4. The molecule has 1 aromatic heterocycles. The third-order valence-corrected chi connectivity index (χ3v) is 7.84. The van der Waals surface area contributed by atoms with E-state index >= 15 is 0 Å². The van der Waals surface area contributed by atoms with Gasteiger partial charge in [0.1, 0.15) is 4.88 Å². The molecule has 5 rings (SSSR count). The van der Waals surface area contributed by atoms with E-state index in [0.29, 0.717) is 54.0 Å². The van der Waals surface area contributed by atoms with E-state index in [1.807, 2.05) is 6.92 Å². The number of benzene rings is 2. The minimum atomic E-state index is -4.64. The standard InChI is InChI=1S/C27H28F3N5O3S/c1-14-2-3-18(13-21(14)22-23(24(31)37)39-26(34-22)33-17-4-5-17)32-25(38)15-10-16(27(28,29)30)12-19(11-15)35-8-6-20(36)7-9-35/h2-3,10-13,17,20,36H,4-9H2,1H3,(H2,31,37)(H,32,38)(H,33,34). The Morgan fingerprint density at radius 1 is 1.10 bits per heavy atom. The van der Waals surface area contributed by atoms with Crippen LogP contribution >= 0.6 is 11.3 Å². The highest BCUT2D eigenvalue weighted by Crippen LogP contribution is 2.37. The fraction of sp³-hybridized carbons (Fsp3) is 0.370. The molecule has 2 aromatic carbocycles. The number of rotatable bonds is 7. The zero-order valence-corrected chi connectivity index (χ0v) is 22.0. The fourth-order valence-electron chi connectivity index (χ4n) is 4.50. The number of aliphatic hydroxyl groups is 1. The zero-order chi connectivity index (χ0) is 27.9. The van der Waals surface area contributed by atoms with Crippen LogP contribution < -0.4 is 21.3 Å². The lowest BCUT2D eigenvalue weighted by atomic mass is 10.0. The number of nitrogens with zero attached hydrogens (tertiary/aromatic N) is 2. The lowest BCUT2D eigenvalue weighted by Crippen LogP contribution is -2.36. The van der Waals surface area contributed by atoms with Gasteiger partial charge in [-0.1, -0.05) is 17.4 Å². The second kappa shape index (κ2) is 10.5. The van der Waals surface area contributed by atoms with Gasteiger partial charge in [0.05, 0.1) is 17.4 Å². The molecule has 39 heavy (non-hydrogen) atoms. The van der Waals surface area contributed by atoms with Crippen LogP contribution in [0.25, 0.3) is 11.3 Å². The summed E-state index contributed by atoms with van der Waals surface area (Å²) in [6, 6.07) is 8.61. The number of carbonyl (C=O) groups is 2. The highest BCUT2D eigenvalue weighted by atomic mass is 32.1. The Labute approximate surface area is 227 Å². The molecular weight excluding hydrogens is 531 g/mol. The molecule has 0 radical (unpaired) electrons. The predicted octanol–water partition coefficient (Wildman–Crippen LogP) is 5.02. The largest absolute Gasteiger partial charge is 0.416 e. The van der Waals surface area contributed by atoms with Crippen LogP contribution in [0.2, 0.25) is 0 Å². The van der Waals surface area contributed by atoms with E-state index in [0.717, 1.165) is 41.9 Å². The highest BCUT2D eigenvalue weighted by Gasteiger charge is 2.33. The second-order valence-corrected chi connectivity index (χ2v) is 10.9. The lowest BCUT2D eigenvalue weighted by Gasteiger charge is -2.32. The van der Waals surface area contributed by atoms with E-state index in [-0.39, 0.29) is 16.1 Å². The molecule has 8 nitrogen and oxygen atoms in total. The van der Waals surface area contributed by atoms with E-state index in [2.05, 4.69) is 15.6 Å². The predicted molar refractivity (Wildman–Crippen MR) is 144 cm³/mol. The molecule has 1 aliphatic heterocycles. The molecule has 2 amide bonds. The first kappa shape index (κ1) is 26.9. The number of aliphatic hydroxyl groups excluding tert-OH is 1. The molecule has 206 valence electrons. The van der Waals surface area contributed by atoms with Gasteiger partial charge in [-0.3, -0.25) is 9.59 Å². The smallest absolute Gasteiger partial charge is 0.393 e. The Kier molecular flexibility index (Phi) is 7.25. The van der Waals surface area contributed by atoms with E-state index < -0.39 is 29.7 Å². The Morgan fingerprint density at radius 2 is 1.82 bits per heavy atom. The van der Waals surface area contributed by atoms with E-state index in [9.17, 15) is 27.9 Å². The first-order valence-electron chi connectivity index (χ1n) is 12.6. The number of alkyl halides is 3.